The molecule has 1 aliphatic rings. The summed E-state index contributed by atoms with van der Waals surface area (Å²) in [6.07, 6.45) is 2.05. The summed E-state index contributed by atoms with van der Waals surface area (Å²) in [5.41, 5.74) is 1.85. The van der Waals surface area contributed by atoms with Gasteiger partial charge in [0.05, 0.1) is 17.6 Å². The molecule has 1 aromatic rings. The number of carbonyl (C=O) groups is 2. The summed E-state index contributed by atoms with van der Waals surface area (Å²) >= 11 is 0. The monoisotopic (exact) mass is 287 g/mol. The molecule has 0 heterocycles. The number of aryl methyl sites for hydroxylation is 1. The van der Waals surface area contributed by atoms with Gasteiger partial charge in [0.15, 0.2) is 0 Å². The van der Waals surface area contributed by atoms with Crippen molar-refractivity contribution in [3.63, 3.8) is 0 Å². The van der Waals surface area contributed by atoms with Gasteiger partial charge in [-0.05, 0) is 37.5 Å². The molecule has 0 bridgehead atoms. The topological polar surface area (TPSA) is 102 Å². The average Bonchev–Trinajstić information content (AvgIpc) is 2.89. The Morgan fingerprint density at radius 1 is 1.38 bits per heavy atom. The Bertz CT molecular complexity index is 607. The van der Waals surface area contributed by atoms with Crippen LogP contribution in [0.1, 0.15) is 30.4 Å². The van der Waals surface area contributed by atoms with Crippen LogP contribution in [-0.2, 0) is 4.79 Å². The number of nitrogens with zero attached hydrogens (tertiary/aromatic N) is 1. The molecule has 1 fully saturated rings. The van der Waals surface area contributed by atoms with Gasteiger partial charge in [-0.1, -0.05) is 12.5 Å². The molecule has 1 aliphatic carbocycles. The molecule has 2 unspecified atom stereocenters. The summed E-state index contributed by atoms with van der Waals surface area (Å²) in [5, 5.41) is 23.3. The van der Waals surface area contributed by atoms with E-state index in [4.69, 9.17) is 10.4 Å². The predicted octanol–water partition coefficient (Wildman–Crippen LogP) is 2.24. The first kappa shape index (κ1) is 14.9. The third kappa shape index (κ3) is 3.51. The highest BCUT2D eigenvalue weighted by atomic mass is 16.4. The number of aliphatic carboxylic acids is 1. The lowest BCUT2D eigenvalue weighted by molar-refractivity contribution is -0.142. The summed E-state index contributed by atoms with van der Waals surface area (Å²) in [4.78, 5) is 23.1. The van der Waals surface area contributed by atoms with E-state index in [-0.39, 0.29) is 6.04 Å². The zero-order valence-electron chi connectivity index (χ0n) is 11.7. The molecule has 21 heavy (non-hydrogen) atoms. The summed E-state index contributed by atoms with van der Waals surface area (Å²) in [5.74, 6) is -1.40. The first-order chi connectivity index (χ1) is 10.0. The second-order valence-electron chi connectivity index (χ2n) is 5.22. The van der Waals surface area contributed by atoms with E-state index in [2.05, 4.69) is 10.6 Å². The Hall–Kier alpha value is -2.55. The van der Waals surface area contributed by atoms with Crippen LogP contribution in [-0.4, -0.2) is 23.1 Å². The number of anilines is 1. The number of hydrogen-bond donors (Lipinski definition) is 3. The standard InChI is InChI=1S/C15H17N3O3/c1-9-5-6-10(8-16)7-13(9)18-15(21)17-12-4-2-3-11(12)14(19)20/h5-7,11-12H,2-4H2,1H3,(H,19,20)(H2,17,18,21). The number of benzene rings is 1. The molecular formula is C15H17N3O3. The number of nitrogens with one attached hydrogen (secondary N) is 2. The zero-order valence-corrected chi connectivity index (χ0v) is 11.7. The van der Waals surface area contributed by atoms with Crippen molar-refractivity contribution in [3.8, 4) is 6.07 Å². The molecular weight excluding hydrogens is 270 g/mol. The Morgan fingerprint density at radius 3 is 2.81 bits per heavy atom. The van der Waals surface area contributed by atoms with Crippen LogP contribution in [0.15, 0.2) is 18.2 Å². The molecule has 0 spiro atoms. The maximum Gasteiger partial charge on any atom is 0.319 e. The number of carboxylic acids is 1. The molecule has 2 rings (SSSR count). The molecule has 0 aliphatic heterocycles. The molecule has 6 nitrogen and oxygen atoms in total. The lowest BCUT2D eigenvalue weighted by atomic mass is 10.0. The number of urea groups is 1. The Labute approximate surface area is 122 Å². The first-order valence-corrected chi connectivity index (χ1v) is 6.82. The molecule has 110 valence electrons. The van der Waals surface area contributed by atoms with E-state index in [0.29, 0.717) is 24.1 Å². The van der Waals surface area contributed by atoms with Crippen LogP contribution in [0.4, 0.5) is 10.5 Å². The fraction of sp³-hybridized carbons (Fsp3) is 0.400. The van der Waals surface area contributed by atoms with Gasteiger partial charge in [0.1, 0.15) is 0 Å². The van der Waals surface area contributed by atoms with Gasteiger partial charge in [-0.2, -0.15) is 5.26 Å². The second kappa shape index (κ2) is 6.27. The fourth-order valence-electron chi connectivity index (χ4n) is 2.58. The lowest BCUT2D eigenvalue weighted by Gasteiger charge is -2.18. The Balaban J connectivity index is 2.02. The number of amides is 2. The fourth-order valence-corrected chi connectivity index (χ4v) is 2.58. The van der Waals surface area contributed by atoms with Crippen LogP contribution in [0.2, 0.25) is 0 Å². The predicted molar refractivity (Wildman–Crippen MR) is 76.8 cm³/mol. The van der Waals surface area contributed by atoms with E-state index in [0.717, 1.165) is 12.0 Å². The maximum absolute atomic E-state index is 12.0. The van der Waals surface area contributed by atoms with Gasteiger partial charge in [-0.3, -0.25) is 4.79 Å². The highest BCUT2D eigenvalue weighted by Gasteiger charge is 2.33. The van der Waals surface area contributed by atoms with E-state index in [1.807, 2.05) is 13.0 Å². The third-order valence-electron chi connectivity index (χ3n) is 3.76. The van der Waals surface area contributed by atoms with Crippen LogP contribution in [0.25, 0.3) is 0 Å². The van der Waals surface area contributed by atoms with Gasteiger partial charge in [0.2, 0.25) is 0 Å². The maximum atomic E-state index is 12.0. The average molecular weight is 287 g/mol. The lowest BCUT2D eigenvalue weighted by Crippen LogP contribution is -2.42. The number of carbonyl (C=O) groups excluding carboxylic acids is 1. The summed E-state index contributed by atoms with van der Waals surface area (Å²) in [6, 6.07) is 6.26. The van der Waals surface area contributed by atoms with Crippen molar-refractivity contribution in [2.45, 2.75) is 32.2 Å². The first-order valence-electron chi connectivity index (χ1n) is 6.82. The van der Waals surface area contributed by atoms with E-state index in [9.17, 15) is 9.59 Å². The van der Waals surface area contributed by atoms with Crippen molar-refractivity contribution in [1.82, 2.24) is 5.32 Å². The van der Waals surface area contributed by atoms with Crippen molar-refractivity contribution in [2.24, 2.45) is 5.92 Å². The Kier molecular flexibility index (Phi) is 4.43. The van der Waals surface area contributed by atoms with Gasteiger partial charge < -0.3 is 15.7 Å². The normalized spacial score (nSPS) is 20.6. The van der Waals surface area contributed by atoms with Crippen LogP contribution in [0, 0.1) is 24.2 Å². The third-order valence-corrected chi connectivity index (χ3v) is 3.76. The van der Waals surface area contributed by atoms with Gasteiger partial charge in [-0.15, -0.1) is 0 Å². The minimum Gasteiger partial charge on any atom is -0.481 e. The van der Waals surface area contributed by atoms with Crippen molar-refractivity contribution in [3.05, 3.63) is 29.3 Å². The SMILES string of the molecule is Cc1ccc(C#N)cc1NC(=O)NC1CCCC1C(=O)O. The smallest absolute Gasteiger partial charge is 0.319 e. The molecule has 0 saturated heterocycles. The van der Waals surface area contributed by atoms with Crippen molar-refractivity contribution >= 4 is 17.7 Å². The molecule has 0 radical (unpaired) electrons. The van der Waals surface area contributed by atoms with Crippen LogP contribution in [0.3, 0.4) is 0 Å². The van der Waals surface area contributed by atoms with Crippen LogP contribution >= 0.6 is 0 Å². The zero-order chi connectivity index (χ0) is 15.4. The van der Waals surface area contributed by atoms with E-state index in [1.54, 1.807) is 18.2 Å². The van der Waals surface area contributed by atoms with Crippen molar-refractivity contribution in [2.75, 3.05) is 5.32 Å². The highest BCUT2D eigenvalue weighted by molar-refractivity contribution is 5.91. The highest BCUT2D eigenvalue weighted by Crippen LogP contribution is 2.26. The summed E-state index contributed by atoms with van der Waals surface area (Å²) < 4.78 is 0. The van der Waals surface area contributed by atoms with Crippen molar-refractivity contribution < 1.29 is 14.7 Å². The number of carboxylic acid groups (broad SMARTS) is 1. The number of nitriles is 1. The number of rotatable bonds is 3. The quantitative estimate of drug-likeness (QED) is 0.793. The van der Waals surface area contributed by atoms with Gasteiger partial charge in [-0.25, -0.2) is 4.79 Å². The van der Waals surface area contributed by atoms with Gasteiger partial charge in [0, 0.05) is 11.7 Å². The molecule has 3 N–H and O–H groups in total. The molecule has 0 aromatic heterocycles. The van der Waals surface area contributed by atoms with E-state index in [1.165, 1.54) is 0 Å². The molecule has 6 heteroatoms. The molecule has 1 aromatic carbocycles. The number of hydrogen-bond acceptors (Lipinski definition) is 3. The second-order valence-corrected chi connectivity index (χ2v) is 5.22. The van der Waals surface area contributed by atoms with Gasteiger partial charge in [0.25, 0.3) is 0 Å². The molecule has 2 amide bonds. The van der Waals surface area contributed by atoms with Gasteiger partial charge >= 0.3 is 12.0 Å². The summed E-state index contributed by atoms with van der Waals surface area (Å²) in [7, 11) is 0. The largest absolute Gasteiger partial charge is 0.481 e. The minimum atomic E-state index is -0.875. The summed E-state index contributed by atoms with van der Waals surface area (Å²) in [6.45, 7) is 1.83. The van der Waals surface area contributed by atoms with Crippen LogP contribution in [0.5, 0.6) is 0 Å². The van der Waals surface area contributed by atoms with Crippen molar-refractivity contribution in [1.29, 1.82) is 5.26 Å². The minimum absolute atomic E-state index is 0.345. The Morgan fingerprint density at radius 2 is 2.14 bits per heavy atom. The van der Waals surface area contributed by atoms with Crippen LogP contribution < -0.4 is 10.6 Å². The molecule has 1 saturated carbocycles. The van der Waals surface area contributed by atoms with E-state index >= 15 is 0 Å². The van der Waals surface area contributed by atoms with E-state index < -0.39 is 17.9 Å². The molecule has 2 atom stereocenters.